The number of ketones is 1. The van der Waals surface area contributed by atoms with Gasteiger partial charge in [-0.15, -0.1) is 0 Å². The Hall–Kier alpha value is -1.55. The van der Waals surface area contributed by atoms with Crippen LogP contribution in [-0.4, -0.2) is 29.1 Å². The molecule has 0 aliphatic carbocycles. The average molecular weight is 392 g/mol. The molecule has 0 saturated carbocycles. The molecule has 1 aromatic rings. The van der Waals surface area contributed by atoms with Crippen LogP contribution in [0.3, 0.4) is 0 Å². The summed E-state index contributed by atoms with van der Waals surface area (Å²) in [5.41, 5.74) is 0.420. The highest BCUT2D eigenvalue weighted by Gasteiger charge is 2.08. The monoisotopic (exact) mass is 391 g/mol. The van der Waals surface area contributed by atoms with E-state index in [-0.39, 0.29) is 23.8 Å². The molecule has 28 heavy (non-hydrogen) atoms. The Bertz CT molecular complexity index is 531. The van der Waals surface area contributed by atoms with Gasteiger partial charge in [0.25, 0.3) is 0 Å². The summed E-state index contributed by atoms with van der Waals surface area (Å²) >= 11 is 0. The van der Waals surface area contributed by atoms with E-state index < -0.39 is 0 Å². The molecule has 0 unspecified atom stereocenters. The molecule has 1 rings (SSSR count). The normalized spacial score (nSPS) is 11.0. The first kappa shape index (κ1) is 24.5. The Morgan fingerprint density at radius 3 is 1.75 bits per heavy atom. The van der Waals surface area contributed by atoms with E-state index in [2.05, 4.69) is 12.2 Å². The van der Waals surface area contributed by atoms with Crippen molar-refractivity contribution >= 4 is 5.78 Å². The number of phenolic OH excluding ortho intramolecular Hbond substituents is 2. The number of carbonyl (C=O) groups is 1. The van der Waals surface area contributed by atoms with Gasteiger partial charge in [-0.05, 0) is 31.2 Å². The summed E-state index contributed by atoms with van der Waals surface area (Å²) in [6.07, 6.45) is 18.8. The van der Waals surface area contributed by atoms with Crippen molar-refractivity contribution < 1.29 is 15.0 Å². The van der Waals surface area contributed by atoms with Crippen LogP contribution in [0.1, 0.15) is 107 Å². The van der Waals surface area contributed by atoms with Crippen molar-refractivity contribution in [1.29, 1.82) is 0 Å². The fourth-order valence-electron chi connectivity index (χ4n) is 3.45. The third-order valence-corrected chi connectivity index (χ3v) is 5.29. The highest BCUT2D eigenvalue weighted by Crippen LogP contribution is 2.24. The minimum atomic E-state index is -0.252. The molecule has 0 aromatic heterocycles. The van der Waals surface area contributed by atoms with E-state index in [1.54, 1.807) is 0 Å². The summed E-state index contributed by atoms with van der Waals surface area (Å²) in [5.74, 6) is -0.523. The predicted molar refractivity (Wildman–Crippen MR) is 117 cm³/mol. The molecule has 1 aromatic carbocycles. The lowest BCUT2D eigenvalue weighted by molar-refractivity contribution is 0.0990. The maximum absolute atomic E-state index is 12.0. The minimum Gasteiger partial charge on any atom is -0.504 e. The third kappa shape index (κ3) is 12.0. The molecule has 4 heteroatoms. The van der Waals surface area contributed by atoms with E-state index in [1.807, 2.05) is 0 Å². The highest BCUT2D eigenvalue weighted by atomic mass is 16.3. The molecule has 0 heterocycles. The Kier molecular flexibility index (Phi) is 14.4. The molecule has 0 aliphatic rings. The van der Waals surface area contributed by atoms with Crippen LogP contribution in [0.4, 0.5) is 0 Å². The van der Waals surface area contributed by atoms with Crippen LogP contribution < -0.4 is 5.32 Å². The van der Waals surface area contributed by atoms with Gasteiger partial charge in [-0.3, -0.25) is 4.79 Å². The van der Waals surface area contributed by atoms with Crippen molar-refractivity contribution in [3.05, 3.63) is 23.8 Å². The van der Waals surface area contributed by atoms with Crippen molar-refractivity contribution in [2.75, 3.05) is 13.1 Å². The summed E-state index contributed by atoms with van der Waals surface area (Å²) in [7, 11) is 0. The van der Waals surface area contributed by atoms with Gasteiger partial charge in [0.2, 0.25) is 0 Å². The summed E-state index contributed by atoms with van der Waals surface area (Å²) in [5, 5.41) is 21.9. The fraction of sp³-hybridized carbons (Fsp3) is 0.708. The number of aromatic hydroxyl groups is 2. The Labute approximate surface area is 171 Å². The topological polar surface area (TPSA) is 69.6 Å². The van der Waals surface area contributed by atoms with Crippen molar-refractivity contribution in [2.24, 2.45) is 0 Å². The number of unbranched alkanes of at least 4 members (excludes halogenated alkanes) is 13. The summed E-state index contributed by atoms with van der Waals surface area (Å²) in [6, 6.07) is 4.19. The minimum absolute atomic E-state index is 0.0688. The second-order valence-corrected chi connectivity index (χ2v) is 7.90. The van der Waals surface area contributed by atoms with Crippen LogP contribution in [0.5, 0.6) is 11.5 Å². The van der Waals surface area contributed by atoms with E-state index in [0.29, 0.717) is 5.56 Å². The van der Waals surface area contributed by atoms with Gasteiger partial charge in [0.1, 0.15) is 0 Å². The van der Waals surface area contributed by atoms with E-state index in [0.717, 1.165) is 13.0 Å². The van der Waals surface area contributed by atoms with Crippen LogP contribution in [0.25, 0.3) is 0 Å². The maximum Gasteiger partial charge on any atom is 0.176 e. The first-order chi connectivity index (χ1) is 13.6. The van der Waals surface area contributed by atoms with Crippen LogP contribution in [0.15, 0.2) is 18.2 Å². The van der Waals surface area contributed by atoms with Crippen molar-refractivity contribution in [1.82, 2.24) is 5.32 Å². The predicted octanol–water partition coefficient (Wildman–Crippen LogP) is 6.35. The number of carbonyl (C=O) groups excluding carboxylic acids is 1. The zero-order chi connectivity index (χ0) is 20.5. The maximum atomic E-state index is 12.0. The highest BCUT2D eigenvalue weighted by molar-refractivity contribution is 5.98. The summed E-state index contributed by atoms with van der Waals surface area (Å²) in [4.78, 5) is 12.0. The molecule has 0 saturated heterocycles. The smallest absolute Gasteiger partial charge is 0.176 e. The lowest BCUT2D eigenvalue weighted by Crippen LogP contribution is -2.24. The molecule has 0 bridgehead atoms. The fourth-order valence-corrected chi connectivity index (χ4v) is 3.45. The number of benzene rings is 1. The molecule has 4 nitrogen and oxygen atoms in total. The van der Waals surface area contributed by atoms with Gasteiger partial charge < -0.3 is 15.5 Å². The average Bonchev–Trinajstić information content (AvgIpc) is 2.69. The van der Waals surface area contributed by atoms with Crippen LogP contribution in [0, 0.1) is 0 Å². The number of phenols is 2. The van der Waals surface area contributed by atoms with Crippen LogP contribution >= 0.6 is 0 Å². The summed E-state index contributed by atoms with van der Waals surface area (Å²) in [6.45, 7) is 3.38. The molecule has 0 aliphatic heterocycles. The first-order valence-corrected chi connectivity index (χ1v) is 11.4. The lowest BCUT2D eigenvalue weighted by Gasteiger charge is -2.06. The molecule has 0 spiro atoms. The lowest BCUT2D eigenvalue weighted by atomic mass is 10.0. The molecular weight excluding hydrogens is 350 g/mol. The molecule has 0 amide bonds. The standard InChI is InChI=1S/C24H41NO3/c1-2-3-4-5-6-7-8-9-10-11-12-13-14-15-18-25-20-24(28)21-16-17-22(26)23(27)19-21/h16-17,19,25-27H,2-15,18,20H2,1H3. The Balaban J connectivity index is 1.85. The van der Waals surface area contributed by atoms with Gasteiger partial charge in [-0.25, -0.2) is 0 Å². The SMILES string of the molecule is CCCCCCCCCCCCCCCCNCC(=O)c1ccc(O)c(O)c1. The van der Waals surface area contributed by atoms with Gasteiger partial charge >= 0.3 is 0 Å². The van der Waals surface area contributed by atoms with Crippen molar-refractivity contribution in [3.8, 4) is 11.5 Å². The number of Topliss-reactive ketones (excluding diaryl/α,β-unsaturated/α-hetero) is 1. The van der Waals surface area contributed by atoms with Gasteiger partial charge in [0, 0.05) is 5.56 Å². The van der Waals surface area contributed by atoms with Crippen molar-refractivity contribution in [2.45, 2.75) is 96.8 Å². The van der Waals surface area contributed by atoms with Crippen LogP contribution in [-0.2, 0) is 0 Å². The van der Waals surface area contributed by atoms with Gasteiger partial charge in [-0.2, -0.15) is 0 Å². The van der Waals surface area contributed by atoms with E-state index in [4.69, 9.17) is 0 Å². The van der Waals surface area contributed by atoms with Gasteiger partial charge in [-0.1, -0.05) is 90.4 Å². The molecular formula is C24H41NO3. The first-order valence-electron chi connectivity index (χ1n) is 11.4. The molecule has 0 fully saturated rings. The summed E-state index contributed by atoms with van der Waals surface area (Å²) < 4.78 is 0. The Morgan fingerprint density at radius 2 is 1.25 bits per heavy atom. The van der Waals surface area contributed by atoms with Crippen LogP contribution in [0.2, 0.25) is 0 Å². The molecule has 160 valence electrons. The molecule has 0 radical (unpaired) electrons. The van der Waals surface area contributed by atoms with Gasteiger partial charge in [0.15, 0.2) is 17.3 Å². The van der Waals surface area contributed by atoms with Gasteiger partial charge in [0.05, 0.1) is 6.54 Å². The molecule has 0 atom stereocenters. The second kappa shape index (κ2) is 16.4. The van der Waals surface area contributed by atoms with E-state index in [1.165, 1.54) is 102 Å². The largest absolute Gasteiger partial charge is 0.504 e. The number of hydrogen-bond donors (Lipinski definition) is 3. The quantitative estimate of drug-likeness (QED) is 0.155. The molecule has 3 N–H and O–H groups in total. The zero-order valence-corrected chi connectivity index (χ0v) is 17.8. The second-order valence-electron chi connectivity index (χ2n) is 7.90. The Morgan fingerprint density at radius 1 is 0.750 bits per heavy atom. The van der Waals surface area contributed by atoms with Crippen molar-refractivity contribution in [3.63, 3.8) is 0 Å². The zero-order valence-electron chi connectivity index (χ0n) is 17.8. The number of hydrogen-bond acceptors (Lipinski definition) is 4. The van der Waals surface area contributed by atoms with E-state index in [9.17, 15) is 15.0 Å². The number of rotatable bonds is 18. The third-order valence-electron chi connectivity index (χ3n) is 5.29. The van der Waals surface area contributed by atoms with E-state index >= 15 is 0 Å². The number of nitrogens with one attached hydrogen (secondary N) is 1.